The minimum Gasteiger partial charge on any atom is -0.454 e. The minimum atomic E-state index is -0.760. The Bertz CT molecular complexity index is 550. The fourth-order valence-electron chi connectivity index (χ4n) is 1.87. The van der Waals surface area contributed by atoms with Crippen LogP contribution in [0.1, 0.15) is 17.5 Å². The van der Waals surface area contributed by atoms with Crippen LogP contribution < -0.4 is 9.47 Å². The van der Waals surface area contributed by atoms with Gasteiger partial charge >= 0.3 is 0 Å². The quantitative estimate of drug-likeness (QED) is 0.846. The van der Waals surface area contributed by atoms with Gasteiger partial charge in [0.15, 0.2) is 11.5 Å². The van der Waals surface area contributed by atoms with E-state index in [0.717, 1.165) is 5.56 Å². The Morgan fingerprint density at radius 3 is 2.94 bits per heavy atom. The van der Waals surface area contributed by atoms with Crippen LogP contribution in [-0.4, -0.2) is 21.5 Å². The summed E-state index contributed by atoms with van der Waals surface area (Å²) in [4.78, 5) is 4.13. The second-order valence-corrected chi connectivity index (χ2v) is 3.91. The van der Waals surface area contributed by atoms with Crippen molar-refractivity contribution in [2.45, 2.75) is 6.10 Å². The molecule has 1 aliphatic rings. The van der Waals surface area contributed by atoms with Crippen molar-refractivity contribution in [2.24, 2.45) is 7.05 Å². The maximum Gasteiger partial charge on any atom is 0.231 e. The Kier molecular flexibility index (Phi) is 2.26. The van der Waals surface area contributed by atoms with Gasteiger partial charge < -0.3 is 19.1 Å². The monoisotopic (exact) mass is 232 g/mol. The van der Waals surface area contributed by atoms with Crippen LogP contribution in [0.15, 0.2) is 30.6 Å². The highest BCUT2D eigenvalue weighted by Gasteiger charge is 2.19. The molecule has 2 heterocycles. The van der Waals surface area contributed by atoms with Crippen molar-refractivity contribution in [3.05, 3.63) is 42.0 Å². The SMILES string of the molecule is Cn1ccnc1[C@@H](O)c1ccc2c(c1)OCO2. The number of nitrogens with zero attached hydrogens (tertiary/aromatic N) is 2. The fourth-order valence-corrected chi connectivity index (χ4v) is 1.87. The molecule has 0 amide bonds. The van der Waals surface area contributed by atoms with E-state index in [2.05, 4.69) is 4.98 Å². The first kappa shape index (κ1) is 10.2. The predicted octanol–water partition coefficient (Wildman–Crippen LogP) is 1.23. The molecule has 88 valence electrons. The molecule has 1 aromatic heterocycles. The summed E-state index contributed by atoms with van der Waals surface area (Å²) in [6, 6.07) is 5.39. The van der Waals surface area contributed by atoms with Gasteiger partial charge in [-0.1, -0.05) is 6.07 Å². The molecule has 0 spiro atoms. The zero-order chi connectivity index (χ0) is 11.8. The van der Waals surface area contributed by atoms with Crippen LogP contribution in [0.4, 0.5) is 0 Å². The number of aliphatic hydroxyl groups excluding tert-OH is 1. The molecule has 0 bridgehead atoms. The van der Waals surface area contributed by atoms with Crippen molar-refractivity contribution in [2.75, 3.05) is 6.79 Å². The van der Waals surface area contributed by atoms with Gasteiger partial charge in [0.25, 0.3) is 0 Å². The third kappa shape index (κ3) is 1.64. The summed E-state index contributed by atoms with van der Waals surface area (Å²) in [5.74, 6) is 1.97. The van der Waals surface area contributed by atoms with Crippen molar-refractivity contribution < 1.29 is 14.6 Å². The van der Waals surface area contributed by atoms with Crippen molar-refractivity contribution >= 4 is 0 Å². The molecule has 17 heavy (non-hydrogen) atoms. The molecular formula is C12H12N2O3. The first-order chi connectivity index (χ1) is 8.25. The van der Waals surface area contributed by atoms with Gasteiger partial charge in [0.2, 0.25) is 6.79 Å². The normalized spacial score (nSPS) is 14.9. The number of benzene rings is 1. The van der Waals surface area contributed by atoms with Gasteiger partial charge in [-0.15, -0.1) is 0 Å². The van der Waals surface area contributed by atoms with Crippen LogP contribution in [0.5, 0.6) is 11.5 Å². The largest absolute Gasteiger partial charge is 0.454 e. The van der Waals surface area contributed by atoms with Gasteiger partial charge in [0.05, 0.1) is 0 Å². The van der Waals surface area contributed by atoms with Gasteiger partial charge in [0.1, 0.15) is 11.9 Å². The number of hydrogen-bond acceptors (Lipinski definition) is 4. The summed E-state index contributed by atoms with van der Waals surface area (Å²) in [5, 5.41) is 10.2. The molecule has 0 aliphatic carbocycles. The second kappa shape index (κ2) is 3.78. The van der Waals surface area contributed by atoms with E-state index in [-0.39, 0.29) is 6.79 Å². The number of aromatic nitrogens is 2. The second-order valence-electron chi connectivity index (χ2n) is 3.91. The first-order valence-electron chi connectivity index (χ1n) is 5.30. The molecule has 0 saturated heterocycles. The minimum absolute atomic E-state index is 0.233. The Morgan fingerprint density at radius 1 is 1.35 bits per heavy atom. The number of ether oxygens (including phenoxy) is 2. The van der Waals surface area contributed by atoms with Gasteiger partial charge in [0, 0.05) is 19.4 Å². The Balaban J connectivity index is 1.97. The van der Waals surface area contributed by atoms with E-state index in [1.54, 1.807) is 29.1 Å². The number of aryl methyl sites for hydroxylation is 1. The van der Waals surface area contributed by atoms with Crippen molar-refractivity contribution in [1.29, 1.82) is 0 Å². The average Bonchev–Trinajstić information content (AvgIpc) is 2.95. The van der Waals surface area contributed by atoms with Crippen LogP contribution in [0, 0.1) is 0 Å². The molecule has 1 aromatic carbocycles. The lowest BCUT2D eigenvalue weighted by Gasteiger charge is -2.11. The molecule has 2 aromatic rings. The van der Waals surface area contributed by atoms with Crippen molar-refractivity contribution in [3.63, 3.8) is 0 Å². The molecular weight excluding hydrogens is 220 g/mol. The van der Waals surface area contributed by atoms with Crippen molar-refractivity contribution in [3.8, 4) is 11.5 Å². The maximum absolute atomic E-state index is 10.2. The molecule has 1 atom stereocenters. The highest BCUT2D eigenvalue weighted by Crippen LogP contribution is 2.35. The van der Waals surface area contributed by atoms with Gasteiger partial charge in [-0.25, -0.2) is 4.98 Å². The molecule has 0 saturated carbocycles. The van der Waals surface area contributed by atoms with E-state index in [1.807, 2.05) is 13.1 Å². The summed E-state index contributed by atoms with van der Waals surface area (Å²) in [6.45, 7) is 0.233. The number of aliphatic hydroxyl groups is 1. The molecule has 1 aliphatic heterocycles. The van der Waals surface area contributed by atoms with Crippen LogP contribution in [-0.2, 0) is 7.05 Å². The van der Waals surface area contributed by atoms with Crippen LogP contribution in [0.25, 0.3) is 0 Å². The summed E-state index contributed by atoms with van der Waals surface area (Å²) in [7, 11) is 1.85. The molecule has 3 rings (SSSR count). The number of imidazole rings is 1. The van der Waals surface area contributed by atoms with Gasteiger partial charge in [-0.05, 0) is 17.7 Å². The van der Waals surface area contributed by atoms with E-state index in [1.165, 1.54) is 0 Å². The average molecular weight is 232 g/mol. The molecule has 0 radical (unpaired) electrons. The maximum atomic E-state index is 10.2. The van der Waals surface area contributed by atoms with Gasteiger partial charge in [-0.2, -0.15) is 0 Å². The zero-order valence-corrected chi connectivity index (χ0v) is 9.33. The molecule has 5 heteroatoms. The number of fused-ring (bicyclic) bond motifs is 1. The highest BCUT2D eigenvalue weighted by atomic mass is 16.7. The Morgan fingerprint density at radius 2 is 2.18 bits per heavy atom. The number of hydrogen-bond donors (Lipinski definition) is 1. The van der Waals surface area contributed by atoms with Crippen LogP contribution >= 0.6 is 0 Å². The van der Waals surface area contributed by atoms with Crippen molar-refractivity contribution in [1.82, 2.24) is 9.55 Å². The highest BCUT2D eigenvalue weighted by molar-refractivity contribution is 5.45. The molecule has 0 unspecified atom stereocenters. The van der Waals surface area contributed by atoms with E-state index in [4.69, 9.17) is 9.47 Å². The van der Waals surface area contributed by atoms with E-state index < -0.39 is 6.10 Å². The number of rotatable bonds is 2. The molecule has 0 fully saturated rings. The topological polar surface area (TPSA) is 56.5 Å². The lowest BCUT2D eigenvalue weighted by atomic mass is 10.1. The summed E-state index contributed by atoms with van der Waals surface area (Å²) in [6.07, 6.45) is 2.70. The predicted molar refractivity (Wildman–Crippen MR) is 59.8 cm³/mol. The standard InChI is InChI=1S/C12H12N2O3/c1-14-5-4-13-12(14)11(15)8-2-3-9-10(6-8)17-7-16-9/h2-6,11,15H,7H2,1H3/t11-/m0/s1. The lowest BCUT2D eigenvalue weighted by molar-refractivity contribution is 0.173. The lowest BCUT2D eigenvalue weighted by Crippen LogP contribution is -2.06. The summed E-state index contributed by atoms with van der Waals surface area (Å²) >= 11 is 0. The smallest absolute Gasteiger partial charge is 0.231 e. The first-order valence-corrected chi connectivity index (χ1v) is 5.30. The van der Waals surface area contributed by atoms with Gasteiger partial charge in [-0.3, -0.25) is 0 Å². The van der Waals surface area contributed by atoms with E-state index in [0.29, 0.717) is 17.3 Å². The summed E-state index contributed by atoms with van der Waals surface area (Å²) < 4.78 is 12.3. The van der Waals surface area contributed by atoms with E-state index >= 15 is 0 Å². The molecule has 5 nitrogen and oxygen atoms in total. The van der Waals surface area contributed by atoms with E-state index in [9.17, 15) is 5.11 Å². The van der Waals surface area contributed by atoms with Crippen LogP contribution in [0.2, 0.25) is 0 Å². The third-order valence-corrected chi connectivity index (χ3v) is 2.82. The zero-order valence-electron chi connectivity index (χ0n) is 9.33. The third-order valence-electron chi connectivity index (χ3n) is 2.82. The summed E-state index contributed by atoms with van der Waals surface area (Å²) in [5.41, 5.74) is 0.739. The Hall–Kier alpha value is -2.01. The fraction of sp³-hybridized carbons (Fsp3) is 0.250. The molecule has 1 N–H and O–H groups in total. The Labute approximate surface area is 98.2 Å². The van der Waals surface area contributed by atoms with Crippen LogP contribution in [0.3, 0.4) is 0 Å².